The monoisotopic (exact) mass is 656 g/mol. The van der Waals surface area contributed by atoms with Crippen LogP contribution in [0, 0.1) is 0 Å². The highest BCUT2D eigenvalue weighted by molar-refractivity contribution is 9.11. The largest absolute Gasteiger partial charge is 0.421 e. The zero-order chi connectivity index (χ0) is 21.7. The van der Waals surface area contributed by atoms with Crippen molar-refractivity contribution >= 4 is 81.8 Å². The Morgan fingerprint density at radius 3 is 2.27 bits per heavy atom. The molecule has 3 aromatic rings. The predicted molar refractivity (Wildman–Crippen MR) is 130 cm³/mol. The van der Waals surface area contributed by atoms with E-state index in [9.17, 15) is 9.59 Å². The van der Waals surface area contributed by atoms with E-state index in [2.05, 4.69) is 74.2 Å². The number of esters is 1. The molecule has 0 heterocycles. The predicted octanol–water partition coefficient (Wildman–Crippen LogP) is 6.72. The van der Waals surface area contributed by atoms with Crippen LogP contribution >= 0.6 is 63.7 Å². The minimum Gasteiger partial charge on any atom is -0.421 e. The maximum atomic E-state index is 12.6. The number of hydrogen-bond donors (Lipinski definition) is 1. The van der Waals surface area contributed by atoms with E-state index in [1.54, 1.807) is 54.6 Å². The molecular weight excluding hydrogens is 648 g/mol. The molecule has 3 aromatic carbocycles. The van der Waals surface area contributed by atoms with Crippen LogP contribution in [0.25, 0.3) is 0 Å². The van der Waals surface area contributed by atoms with Crippen LogP contribution in [-0.2, 0) is 0 Å². The summed E-state index contributed by atoms with van der Waals surface area (Å²) in [5.41, 5.74) is 3.81. The van der Waals surface area contributed by atoms with Gasteiger partial charge in [0.05, 0.1) is 16.3 Å². The maximum absolute atomic E-state index is 12.6. The standard InChI is InChI=1S/C21H12Br4N2O3/c22-14-7-5-12(6-8-14)20(28)27-26-11-13-9-15(23)10-18(25)19(13)30-21(29)16-3-1-2-4-17(16)24/h1-11H,(H,27,28). The summed E-state index contributed by atoms with van der Waals surface area (Å²) >= 11 is 13.5. The number of amides is 1. The van der Waals surface area contributed by atoms with Crippen molar-refractivity contribution in [2.75, 3.05) is 0 Å². The topological polar surface area (TPSA) is 67.8 Å². The Labute approximate surface area is 206 Å². The van der Waals surface area contributed by atoms with Crippen molar-refractivity contribution in [3.05, 3.63) is 95.2 Å². The van der Waals surface area contributed by atoms with Gasteiger partial charge in [-0.2, -0.15) is 5.10 Å². The molecular formula is C21H12Br4N2O3. The SMILES string of the molecule is O=C(NN=Cc1cc(Br)cc(Br)c1OC(=O)c1ccccc1Br)c1ccc(Br)cc1. The van der Waals surface area contributed by atoms with Crippen molar-refractivity contribution in [2.24, 2.45) is 5.10 Å². The minimum atomic E-state index is -0.529. The number of hydrogen-bond acceptors (Lipinski definition) is 4. The van der Waals surface area contributed by atoms with Crippen LogP contribution in [0.15, 0.2) is 83.7 Å². The molecule has 0 aliphatic heterocycles. The fourth-order valence-electron chi connectivity index (χ4n) is 2.38. The van der Waals surface area contributed by atoms with Gasteiger partial charge in [-0.3, -0.25) is 4.79 Å². The van der Waals surface area contributed by atoms with E-state index in [0.29, 0.717) is 25.6 Å². The summed E-state index contributed by atoms with van der Waals surface area (Å²) in [5.74, 6) is -0.612. The van der Waals surface area contributed by atoms with Crippen LogP contribution in [0.4, 0.5) is 0 Å². The van der Waals surface area contributed by atoms with Crippen molar-refractivity contribution in [3.8, 4) is 5.75 Å². The summed E-state index contributed by atoms with van der Waals surface area (Å²) < 4.78 is 8.41. The van der Waals surface area contributed by atoms with Gasteiger partial charge in [0.1, 0.15) is 0 Å². The Morgan fingerprint density at radius 2 is 1.57 bits per heavy atom. The zero-order valence-corrected chi connectivity index (χ0v) is 21.4. The molecule has 0 saturated heterocycles. The highest BCUT2D eigenvalue weighted by Crippen LogP contribution is 2.33. The Bertz CT molecular complexity index is 1130. The van der Waals surface area contributed by atoms with E-state index < -0.39 is 5.97 Å². The Hall–Kier alpha value is -1.81. The van der Waals surface area contributed by atoms with E-state index in [1.807, 2.05) is 6.07 Å². The summed E-state index contributed by atoms with van der Waals surface area (Å²) in [5, 5.41) is 4.00. The average Bonchev–Trinajstić information content (AvgIpc) is 2.71. The number of carbonyl (C=O) groups excluding carboxylic acids is 2. The molecule has 0 bridgehead atoms. The molecule has 0 fully saturated rings. The molecule has 9 heteroatoms. The number of nitrogens with zero attached hydrogens (tertiary/aromatic N) is 1. The first-order valence-corrected chi connectivity index (χ1v) is 11.6. The fourth-order valence-corrected chi connectivity index (χ4v) is 4.43. The second-order valence-corrected chi connectivity index (χ2v) is 9.42. The smallest absolute Gasteiger partial charge is 0.344 e. The van der Waals surface area contributed by atoms with Crippen LogP contribution in [0.2, 0.25) is 0 Å². The molecule has 3 rings (SSSR count). The molecule has 1 N–H and O–H groups in total. The van der Waals surface area contributed by atoms with Gasteiger partial charge in [0.25, 0.3) is 5.91 Å². The van der Waals surface area contributed by atoms with E-state index in [-0.39, 0.29) is 11.7 Å². The Kier molecular flexibility index (Phi) is 7.99. The van der Waals surface area contributed by atoms with Crippen molar-refractivity contribution in [2.45, 2.75) is 0 Å². The third-order valence-corrected chi connectivity index (χ3v) is 6.07. The number of hydrazone groups is 1. The molecule has 30 heavy (non-hydrogen) atoms. The van der Waals surface area contributed by atoms with Gasteiger partial charge >= 0.3 is 5.97 Å². The second-order valence-electron chi connectivity index (χ2n) is 5.88. The lowest BCUT2D eigenvalue weighted by Gasteiger charge is -2.11. The number of ether oxygens (including phenoxy) is 1. The molecule has 0 aliphatic carbocycles. The Morgan fingerprint density at radius 1 is 0.867 bits per heavy atom. The maximum Gasteiger partial charge on any atom is 0.344 e. The van der Waals surface area contributed by atoms with Gasteiger partial charge in [-0.15, -0.1) is 0 Å². The molecule has 152 valence electrons. The van der Waals surface area contributed by atoms with Gasteiger partial charge in [0, 0.05) is 24.5 Å². The molecule has 5 nitrogen and oxygen atoms in total. The number of rotatable bonds is 5. The van der Waals surface area contributed by atoms with Crippen LogP contribution in [-0.4, -0.2) is 18.1 Å². The van der Waals surface area contributed by atoms with Crippen molar-refractivity contribution in [1.82, 2.24) is 5.43 Å². The Balaban J connectivity index is 1.81. The van der Waals surface area contributed by atoms with Gasteiger partial charge in [-0.25, -0.2) is 10.2 Å². The first kappa shape index (κ1) is 22.9. The summed E-state index contributed by atoms with van der Waals surface area (Å²) in [7, 11) is 0. The number of halogens is 4. The lowest BCUT2D eigenvalue weighted by atomic mass is 10.2. The minimum absolute atomic E-state index is 0.278. The van der Waals surface area contributed by atoms with E-state index >= 15 is 0 Å². The highest BCUT2D eigenvalue weighted by Gasteiger charge is 2.17. The quantitative estimate of drug-likeness (QED) is 0.143. The van der Waals surface area contributed by atoms with Crippen molar-refractivity contribution < 1.29 is 14.3 Å². The molecule has 0 saturated carbocycles. The summed E-state index contributed by atoms with van der Waals surface area (Å²) in [4.78, 5) is 24.8. The van der Waals surface area contributed by atoms with E-state index in [1.165, 1.54) is 6.21 Å². The van der Waals surface area contributed by atoms with Crippen LogP contribution in [0.5, 0.6) is 5.75 Å². The van der Waals surface area contributed by atoms with E-state index in [0.717, 1.165) is 8.95 Å². The van der Waals surface area contributed by atoms with Crippen molar-refractivity contribution in [3.63, 3.8) is 0 Å². The fraction of sp³-hybridized carbons (Fsp3) is 0. The second kappa shape index (κ2) is 10.5. The normalized spacial score (nSPS) is 10.8. The summed E-state index contributed by atoms with van der Waals surface area (Å²) in [6.45, 7) is 0. The molecule has 0 radical (unpaired) electrons. The molecule has 0 atom stereocenters. The van der Waals surface area contributed by atoms with Crippen molar-refractivity contribution in [1.29, 1.82) is 0 Å². The lowest BCUT2D eigenvalue weighted by molar-refractivity contribution is 0.0732. The number of benzene rings is 3. The summed E-state index contributed by atoms with van der Waals surface area (Å²) in [6, 6.07) is 17.3. The highest BCUT2D eigenvalue weighted by atomic mass is 79.9. The molecule has 0 spiro atoms. The van der Waals surface area contributed by atoms with Gasteiger partial charge in [-0.05, 0) is 80.4 Å². The number of carbonyl (C=O) groups is 2. The first-order chi connectivity index (χ1) is 14.3. The van der Waals surface area contributed by atoms with Crippen LogP contribution in [0.1, 0.15) is 26.3 Å². The van der Waals surface area contributed by atoms with Gasteiger partial charge in [-0.1, -0.05) is 44.0 Å². The first-order valence-electron chi connectivity index (χ1n) is 8.40. The van der Waals surface area contributed by atoms with E-state index in [4.69, 9.17) is 4.74 Å². The molecule has 0 unspecified atom stereocenters. The van der Waals surface area contributed by atoms with Gasteiger partial charge in [0.2, 0.25) is 0 Å². The third-order valence-electron chi connectivity index (χ3n) is 3.80. The van der Waals surface area contributed by atoms with Crippen LogP contribution in [0.3, 0.4) is 0 Å². The van der Waals surface area contributed by atoms with Gasteiger partial charge < -0.3 is 4.74 Å². The van der Waals surface area contributed by atoms with Gasteiger partial charge in [0.15, 0.2) is 5.75 Å². The zero-order valence-electron chi connectivity index (χ0n) is 15.0. The van der Waals surface area contributed by atoms with Crippen LogP contribution < -0.4 is 10.2 Å². The molecule has 1 amide bonds. The summed E-state index contributed by atoms with van der Waals surface area (Å²) in [6.07, 6.45) is 1.41. The number of nitrogens with one attached hydrogen (secondary N) is 1. The third kappa shape index (κ3) is 5.87. The molecule has 0 aromatic heterocycles. The molecule has 0 aliphatic rings. The average molecular weight is 660 g/mol. The lowest BCUT2D eigenvalue weighted by Crippen LogP contribution is -2.17.